The van der Waals surface area contributed by atoms with Gasteiger partial charge in [0.2, 0.25) is 5.91 Å². The SMILES string of the molecule is Cc1cc(NC(=O)Cc2ccc3c(c2)ncn3C)ccc1N1CCN(C)CC1. The second-order valence-corrected chi connectivity index (χ2v) is 7.70. The monoisotopic (exact) mass is 377 g/mol. The van der Waals surface area contributed by atoms with Gasteiger partial charge in [-0.1, -0.05) is 6.07 Å². The molecule has 6 heteroatoms. The van der Waals surface area contributed by atoms with Gasteiger partial charge in [0.1, 0.15) is 0 Å². The number of nitrogens with one attached hydrogen (secondary N) is 1. The first-order valence-corrected chi connectivity index (χ1v) is 9.73. The molecule has 1 saturated heterocycles. The molecular weight excluding hydrogens is 350 g/mol. The molecule has 0 aliphatic carbocycles. The third-order valence-corrected chi connectivity index (χ3v) is 5.48. The summed E-state index contributed by atoms with van der Waals surface area (Å²) in [4.78, 5) is 21.6. The quantitative estimate of drug-likeness (QED) is 0.760. The number of carbonyl (C=O) groups is 1. The Kier molecular flexibility index (Phi) is 5.05. The van der Waals surface area contributed by atoms with Crippen LogP contribution in [0.4, 0.5) is 11.4 Å². The second kappa shape index (κ2) is 7.64. The number of rotatable bonds is 4. The number of hydrogen-bond acceptors (Lipinski definition) is 4. The van der Waals surface area contributed by atoms with E-state index in [0.29, 0.717) is 6.42 Å². The predicted molar refractivity (Wildman–Crippen MR) is 114 cm³/mol. The molecule has 1 aliphatic heterocycles. The standard InChI is InChI=1S/C22H27N5O/c1-16-12-18(5-7-20(16)27-10-8-25(2)9-11-27)24-22(28)14-17-4-6-21-19(13-17)23-15-26(21)3/h4-7,12-13,15H,8-11,14H2,1-3H3,(H,24,28). The molecule has 1 amide bonds. The van der Waals surface area contributed by atoms with Gasteiger partial charge in [0.05, 0.1) is 23.8 Å². The minimum Gasteiger partial charge on any atom is -0.369 e. The number of nitrogens with zero attached hydrogens (tertiary/aromatic N) is 4. The molecule has 0 atom stereocenters. The van der Waals surface area contributed by atoms with Crippen LogP contribution in [0.3, 0.4) is 0 Å². The number of benzene rings is 2. The Hall–Kier alpha value is -2.86. The Labute approximate surface area is 165 Å². The number of aromatic nitrogens is 2. The average Bonchev–Trinajstić information content (AvgIpc) is 3.03. The van der Waals surface area contributed by atoms with E-state index in [9.17, 15) is 4.79 Å². The van der Waals surface area contributed by atoms with E-state index in [1.807, 2.05) is 35.9 Å². The van der Waals surface area contributed by atoms with Gasteiger partial charge in [0, 0.05) is 44.6 Å². The van der Waals surface area contributed by atoms with E-state index in [1.165, 1.54) is 11.3 Å². The fourth-order valence-corrected chi connectivity index (χ4v) is 3.82. The maximum Gasteiger partial charge on any atom is 0.228 e. The lowest BCUT2D eigenvalue weighted by atomic mass is 10.1. The van der Waals surface area contributed by atoms with Crippen LogP contribution in [0.1, 0.15) is 11.1 Å². The zero-order chi connectivity index (χ0) is 19.7. The van der Waals surface area contributed by atoms with Crippen molar-refractivity contribution in [3.63, 3.8) is 0 Å². The van der Waals surface area contributed by atoms with Gasteiger partial charge in [-0.25, -0.2) is 4.98 Å². The van der Waals surface area contributed by atoms with Crippen LogP contribution in [-0.4, -0.2) is 53.6 Å². The van der Waals surface area contributed by atoms with Crippen LogP contribution in [0.2, 0.25) is 0 Å². The van der Waals surface area contributed by atoms with E-state index in [1.54, 1.807) is 6.33 Å². The van der Waals surface area contributed by atoms with Crippen LogP contribution in [0.25, 0.3) is 11.0 Å². The predicted octanol–water partition coefficient (Wildman–Crippen LogP) is 2.81. The molecular formula is C22H27N5O. The fourth-order valence-electron chi connectivity index (χ4n) is 3.82. The Bertz CT molecular complexity index is 1000. The van der Waals surface area contributed by atoms with Crippen LogP contribution in [-0.2, 0) is 18.3 Å². The van der Waals surface area contributed by atoms with Crippen molar-refractivity contribution in [1.29, 1.82) is 0 Å². The van der Waals surface area contributed by atoms with E-state index >= 15 is 0 Å². The number of amides is 1. The van der Waals surface area contributed by atoms with Crippen LogP contribution in [0.5, 0.6) is 0 Å². The van der Waals surface area contributed by atoms with Crippen LogP contribution in [0.15, 0.2) is 42.7 Å². The number of carbonyl (C=O) groups excluding carboxylic acids is 1. The zero-order valence-electron chi connectivity index (χ0n) is 16.8. The maximum atomic E-state index is 12.5. The number of fused-ring (bicyclic) bond motifs is 1. The number of likely N-dealkylation sites (N-methyl/N-ethyl adjacent to an activating group) is 1. The highest BCUT2D eigenvalue weighted by atomic mass is 16.1. The highest BCUT2D eigenvalue weighted by Crippen LogP contribution is 2.25. The number of anilines is 2. The van der Waals surface area contributed by atoms with Gasteiger partial charge in [0.15, 0.2) is 0 Å². The summed E-state index contributed by atoms with van der Waals surface area (Å²) in [5.74, 6) is -0.0120. The Balaban J connectivity index is 1.41. The molecule has 0 bridgehead atoms. The van der Waals surface area contributed by atoms with Crippen molar-refractivity contribution in [3.8, 4) is 0 Å². The van der Waals surface area contributed by atoms with Crippen molar-refractivity contribution < 1.29 is 4.79 Å². The minimum absolute atomic E-state index is 0.0120. The van der Waals surface area contributed by atoms with Crippen LogP contribution >= 0.6 is 0 Å². The van der Waals surface area contributed by atoms with Crippen molar-refractivity contribution >= 4 is 28.3 Å². The summed E-state index contributed by atoms with van der Waals surface area (Å²) in [7, 11) is 4.13. The molecule has 2 aromatic carbocycles. The molecule has 6 nitrogen and oxygen atoms in total. The lowest BCUT2D eigenvalue weighted by Crippen LogP contribution is -2.44. The zero-order valence-corrected chi connectivity index (χ0v) is 16.8. The molecule has 3 aromatic rings. The maximum absolute atomic E-state index is 12.5. The van der Waals surface area contributed by atoms with Gasteiger partial charge in [0.25, 0.3) is 0 Å². The van der Waals surface area contributed by atoms with Crippen molar-refractivity contribution in [2.75, 3.05) is 43.4 Å². The third-order valence-electron chi connectivity index (χ3n) is 5.48. The molecule has 0 spiro atoms. The van der Waals surface area contributed by atoms with E-state index in [2.05, 4.69) is 46.2 Å². The molecule has 0 unspecified atom stereocenters. The van der Waals surface area contributed by atoms with E-state index in [0.717, 1.165) is 48.5 Å². The summed E-state index contributed by atoms with van der Waals surface area (Å²) in [5.41, 5.74) is 6.25. The molecule has 0 radical (unpaired) electrons. The largest absolute Gasteiger partial charge is 0.369 e. The smallest absolute Gasteiger partial charge is 0.228 e. The van der Waals surface area contributed by atoms with Crippen LogP contribution in [0, 0.1) is 6.92 Å². The molecule has 2 heterocycles. The molecule has 146 valence electrons. The summed E-state index contributed by atoms with van der Waals surface area (Å²) < 4.78 is 1.98. The van der Waals surface area contributed by atoms with E-state index < -0.39 is 0 Å². The topological polar surface area (TPSA) is 53.4 Å². The van der Waals surface area contributed by atoms with Crippen LogP contribution < -0.4 is 10.2 Å². The fraction of sp³-hybridized carbons (Fsp3) is 0.364. The lowest BCUT2D eigenvalue weighted by molar-refractivity contribution is -0.115. The number of aryl methyl sites for hydroxylation is 2. The molecule has 4 rings (SSSR count). The molecule has 1 fully saturated rings. The molecule has 28 heavy (non-hydrogen) atoms. The van der Waals surface area contributed by atoms with Crippen molar-refractivity contribution in [2.45, 2.75) is 13.3 Å². The summed E-state index contributed by atoms with van der Waals surface area (Å²) in [5, 5.41) is 3.03. The molecule has 1 N–H and O–H groups in total. The second-order valence-electron chi connectivity index (χ2n) is 7.70. The van der Waals surface area contributed by atoms with Gasteiger partial charge >= 0.3 is 0 Å². The normalized spacial score (nSPS) is 15.2. The first-order valence-electron chi connectivity index (χ1n) is 9.73. The van der Waals surface area contributed by atoms with Gasteiger partial charge in [-0.3, -0.25) is 4.79 Å². The summed E-state index contributed by atoms with van der Waals surface area (Å²) >= 11 is 0. The summed E-state index contributed by atoms with van der Waals surface area (Å²) in [6, 6.07) is 12.2. The average molecular weight is 377 g/mol. The number of imidazole rings is 1. The van der Waals surface area contributed by atoms with Gasteiger partial charge in [-0.2, -0.15) is 0 Å². The lowest BCUT2D eigenvalue weighted by Gasteiger charge is -2.35. The Morgan fingerprint density at radius 1 is 1.07 bits per heavy atom. The Morgan fingerprint density at radius 2 is 1.86 bits per heavy atom. The van der Waals surface area contributed by atoms with E-state index in [-0.39, 0.29) is 5.91 Å². The molecule has 0 saturated carbocycles. The highest BCUT2D eigenvalue weighted by molar-refractivity contribution is 5.93. The van der Waals surface area contributed by atoms with Gasteiger partial charge < -0.3 is 19.7 Å². The minimum atomic E-state index is -0.0120. The van der Waals surface area contributed by atoms with Gasteiger partial charge in [-0.15, -0.1) is 0 Å². The van der Waals surface area contributed by atoms with Crippen molar-refractivity contribution in [1.82, 2.24) is 14.5 Å². The highest BCUT2D eigenvalue weighted by Gasteiger charge is 2.16. The van der Waals surface area contributed by atoms with E-state index in [4.69, 9.17) is 0 Å². The molecule has 1 aromatic heterocycles. The van der Waals surface area contributed by atoms with Gasteiger partial charge in [-0.05, 0) is 55.4 Å². The first-order chi connectivity index (χ1) is 13.5. The summed E-state index contributed by atoms with van der Waals surface area (Å²) in [6.45, 7) is 6.35. The third kappa shape index (κ3) is 3.87. The number of hydrogen-bond donors (Lipinski definition) is 1. The number of piperazine rings is 1. The molecule has 1 aliphatic rings. The first kappa shape index (κ1) is 18.5. The summed E-state index contributed by atoms with van der Waals surface area (Å²) in [6.07, 6.45) is 2.13. The Morgan fingerprint density at radius 3 is 2.61 bits per heavy atom. The van der Waals surface area contributed by atoms with Crippen molar-refractivity contribution in [2.24, 2.45) is 7.05 Å². The van der Waals surface area contributed by atoms with Crippen molar-refractivity contribution in [3.05, 3.63) is 53.9 Å².